The zero-order chi connectivity index (χ0) is 19.0. The summed E-state index contributed by atoms with van der Waals surface area (Å²) >= 11 is 0. The van der Waals surface area contributed by atoms with Gasteiger partial charge in [0.15, 0.2) is 0 Å². The Hall–Kier alpha value is -1.61. The van der Waals surface area contributed by atoms with Crippen LogP contribution in [0.5, 0.6) is 0 Å². The van der Waals surface area contributed by atoms with Crippen LogP contribution in [0.4, 0.5) is 13.2 Å². The predicted octanol–water partition coefficient (Wildman–Crippen LogP) is 2.58. The van der Waals surface area contributed by atoms with Crippen molar-refractivity contribution in [3.8, 4) is 0 Å². The van der Waals surface area contributed by atoms with Crippen LogP contribution in [0, 0.1) is 5.41 Å². The predicted molar refractivity (Wildman–Crippen MR) is 86.2 cm³/mol. The van der Waals surface area contributed by atoms with Crippen molar-refractivity contribution in [2.75, 3.05) is 26.2 Å². The molecule has 1 aliphatic heterocycles. The van der Waals surface area contributed by atoms with E-state index in [0.717, 1.165) is 22.5 Å². The summed E-state index contributed by atoms with van der Waals surface area (Å²) < 4.78 is 65.6. The molecule has 1 aromatic rings. The monoisotopic (exact) mass is 378 g/mol. The van der Waals surface area contributed by atoms with E-state index >= 15 is 0 Å². The van der Waals surface area contributed by atoms with Gasteiger partial charge in [-0.1, -0.05) is 32.9 Å². The molecule has 1 aromatic carbocycles. The van der Waals surface area contributed by atoms with Gasteiger partial charge in [-0.15, -0.1) is 0 Å². The molecular formula is C16H21F3N2O3S. The number of rotatable bonds is 2. The topological polar surface area (TPSA) is 57.7 Å². The summed E-state index contributed by atoms with van der Waals surface area (Å²) in [6.45, 7) is 5.54. The van der Waals surface area contributed by atoms with Crippen molar-refractivity contribution >= 4 is 15.9 Å². The molecule has 140 valence electrons. The fourth-order valence-corrected chi connectivity index (χ4v) is 4.31. The molecule has 0 atom stereocenters. The number of sulfonamides is 1. The molecular weight excluding hydrogens is 357 g/mol. The van der Waals surface area contributed by atoms with E-state index in [4.69, 9.17) is 0 Å². The van der Waals surface area contributed by atoms with Crippen LogP contribution < -0.4 is 0 Å². The summed E-state index contributed by atoms with van der Waals surface area (Å²) in [6, 6.07) is 4.14. The maximum absolute atomic E-state index is 13.1. The lowest BCUT2D eigenvalue weighted by Crippen LogP contribution is -2.53. The molecule has 0 saturated carbocycles. The van der Waals surface area contributed by atoms with Crippen molar-refractivity contribution in [2.45, 2.75) is 31.8 Å². The fourth-order valence-electron chi connectivity index (χ4n) is 2.67. The van der Waals surface area contributed by atoms with Crippen molar-refractivity contribution in [1.82, 2.24) is 9.21 Å². The van der Waals surface area contributed by atoms with Crippen molar-refractivity contribution in [1.29, 1.82) is 0 Å². The maximum Gasteiger partial charge on any atom is 0.417 e. The van der Waals surface area contributed by atoms with E-state index in [9.17, 15) is 26.4 Å². The summed E-state index contributed by atoms with van der Waals surface area (Å²) in [5.41, 5.74) is -1.77. The normalized spacial score (nSPS) is 17.6. The minimum Gasteiger partial charge on any atom is -0.340 e. The summed E-state index contributed by atoms with van der Waals surface area (Å²) in [6.07, 6.45) is -4.76. The number of nitrogens with zero attached hydrogens (tertiary/aromatic N) is 2. The molecule has 0 spiro atoms. The standard InChI is InChI=1S/C16H21F3N2O3S/c1-15(2,3)14(22)20-8-10-21(11-9-20)25(23,24)13-7-5-4-6-12(13)16(17,18)19/h4-7H,8-11H2,1-3H3. The fraction of sp³-hybridized carbons (Fsp3) is 0.562. The second-order valence-corrected chi connectivity index (χ2v) is 8.85. The smallest absolute Gasteiger partial charge is 0.340 e. The maximum atomic E-state index is 13.1. The first-order valence-corrected chi connectivity index (χ1v) is 9.25. The molecule has 1 heterocycles. The van der Waals surface area contributed by atoms with Gasteiger partial charge in [-0.25, -0.2) is 8.42 Å². The molecule has 9 heteroatoms. The van der Waals surface area contributed by atoms with E-state index in [1.807, 2.05) is 0 Å². The number of amides is 1. The molecule has 0 aliphatic carbocycles. The molecule has 1 amide bonds. The Balaban J connectivity index is 2.23. The Morgan fingerprint density at radius 2 is 1.52 bits per heavy atom. The van der Waals surface area contributed by atoms with Crippen LogP contribution in [0.25, 0.3) is 0 Å². The van der Waals surface area contributed by atoms with Crippen LogP contribution in [-0.2, 0) is 21.0 Å². The second kappa shape index (κ2) is 6.60. The molecule has 0 N–H and O–H groups in total. The van der Waals surface area contributed by atoms with Gasteiger partial charge < -0.3 is 4.90 Å². The van der Waals surface area contributed by atoms with Gasteiger partial charge in [-0.05, 0) is 12.1 Å². The highest BCUT2D eigenvalue weighted by atomic mass is 32.2. The van der Waals surface area contributed by atoms with Crippen LogP contribution in [0.15, 0.2) is 29.2 Å². The van der Waals surface area contributed by atoms with Crippen molar-refractivity contribution in [2.24, 2.45) is 5.41 Å². The van der Waals surface area contributed by atoms with Gasteiger partial charge in [0.25, 0.3) is 0 Å². The number of carbonyl (C=O) groups is 1. The molecule has 1 fully saturated rings. The van der Waals surface area contributed by atoms with Crippen LogP contribution in [-0.4, -0.2) is 49.7 Å². The Morgan fingerprint density at radius 3 is 2.00 bits per heavy atom. The molecule has 5 nitrogen and oxygen atoms in total. The molecule has 0 unspecified atom stereocenters. The summed E-state index contributed by atoms with van der Waals surface area (Å²) in [5.74, 6) is -0.111. The molecule has 2 rings (SSSR count). The molecule has 1 saturated heterocycles. The van der Waals surface area contributed by atoms with E-state index in [1.165, 1.54) is 6.07 Å². The van der Waals surface area contributed by atoms with Crippen molar-refractivity contribution < 1.29 is 26.4 Å². The van der Waals surface area contributed by atoms with Gasteiger partial charge in [0.1, 0.15) is 0 Å². The summed E-state index contributed by atoms with van der Waals surface area (Å²) in [4.78, 5) is 13.0. The van der Waals surface area contributed by atoms with E-state index in [0.29, 0.717) is 0 Å². The highest BCUT2D eigenvalue weighted by Gasteiger charge is 2.40. The lowest BCUT2D eigenvalue weighted by Gasteiger charge is -2.37. The number of benzene rings is 1. The van der Waals surface area contributed by atoms with Gasteiger partial charge in [-0.3, -0.25) is 4.79 Å². The number of alkyl halides is 3. The third-order valence-electron chi connectivity index (χ3n) is 3.98. The van der Waals surface area contributed by atoms with E-state index in [2.05, 4.69) is 0 Å². The zero-order valence-electron chi connectivity index (χ0n) is 14.3. The Labute approximate surface area is 145 Å². The van der Waals surface area contributed by atoms with Gasteiger partial charge in [-0.2, -0.15) is 17.5 Å². The van der Waals surface area contributed by atoms with E-state index in [-0.39, 0.29) is 32.1 Å². The average Bonchev–Trinajstić information content (AvgIpc) is 2.52. The third kappa shape index (κ3) is 4.14. The molecule has 0 bridgehead atoms. The average molecular weight is 378 g/mol. The highest BCUT2D eigenvalue weighted by molar-refractivity contribution is 7.89. The Bertz CT molecular complexity index is 747. The molecule has 0 aromatic heterocycles. The summed E-state index contributed by atoms with van der Waals surface area (Å²) in [5, 5.41) is 0. The largest absolute Gasteiger partial charge is 0.417 e. The van der Waals surface area contributed by atoms with Crippen molar-refractivity contribution in [3.63, 3.8) is 0 Å². The molecule has 25 heavy (non-hydrogen) atoms. The van der Waals surface area contributed by atoms with Crippen LogP contribution in [0.2, 0.25) is 0 Å². The third-order valence-corrected chi connectivity index (χ3v) is 5.93. The SMILES string of the molecule is CC(C)(C)C(=O)N1CCN(S(=O)(=O)c2ccccc2C(F)(F)F)CC1. The van der Waals surface area contributed by atoms with Gasteiger partial charge in [0.05, 0.1) is 10.5 Å². The number of piperazine rings is 1. The van der Waals surface area contributed by atoms with Crippen LogP contribution in [0.1, 0.15) is 26.3 Å². The Kier molecular flexibility index (Phi) is 5.21. The van der Waals surface area contributed by atoms with Gasteiger partial charge in [0, 0.05) is 31.6 Å². The number of carbonyl (C=O) groups excluding carboxylic acids is 1. The lowest BCUT2D eigenvalue weighted by atomic mass is 9.94. The number of halogens is 3. The lowest BCUT2D eigenvalue weighted by molar-refractivity contribution is -0.140. The number of hydrogen-bond donors (Lipinski definition) is 0. The minimum atomic E-state index is -4.76. The van der Waals surface area contributed by atoms with E-state index in [1.54, 1.807) is 25.7 Å². The number of hydrogen-bond acceptors (Lipinski definition) is 3. The first kappa shape index (κ1) is 19.7. The first-order valence-electron chi connectivity index (χ1n) is 7.81. The van der Waals surface area contributed by atoms with Gasteiger partial charge in [0.2, 0.25) is 15.9 Å². The molecule has 0 radical (unpaired) electrons. The highest BCUT2D eigenvalue weighted by Crippen LogP contribution is 2.35. The van der Waals surface area contributed by atoms with E-state index < -0.39 is 32.1 Å². The zero-order valence-corrected chi connectivity index (χ0v) is 15.1. The van der Waals surface area contributed by atoms with Gasteiger partial charge >= 0.3 is 6.18 Å². The summed E-state index contributed by atoms with van der Waals surface area (Å²) in [7, 11) is -4.29. The minimum absolute atomic E-state index is 0.0314. The second-order valence-electron chi connectivity index (χ2n) is 6.94. The first-order chi connectivity index (χ1) is 11.3. The quantitative estimate of drug-likeness (QED) is 0.795. The van der Waals surface area contributed by atoms with Crippen molar-refractivity contribution in [3.05, 3.63) is 29.8 Å². The Morgan fingerprint density at radius 1 is 1.00 bits per heavy atom. The molecule has 1 aliphatic rings. The van der Waals surface area contributed by atoms with Crippen LogP contribution >= 0.6 is 0 Å². The van der Waals surface area contributed by atoms with Crippen LogP contribution in [0.3, 0.4) is 0 Å².